The van der Waals surface area contributed by atoms with Gasteiger partial charge in [0.1, 0.15) is 18.2 Å². The lowest BCUT2D eigenvalue weighted by Gasteiger charge is -2.21. The van der Waals surface area contributed by atoms with Crippen molar-refractivity contribution < 1.29 is 23.7 Å². The Hall–Kier alpha value is -3.72. The first kappa shape index (κ1) is 24.4. The number of aryl methyl sites for hydroxylation is 2. The molecule has 4 rings (SSSR count). The van der Waals surface area contributed by atoms with Crippen LogP contribution in [0.3, 0.4) is 0 Å². The minimum atomic E-state index is -1.05. The summed E-state index contributed by atoms with van der Waals surface area (Å²) in [4.78, 5) is 48.2. The lowest BCUT2D eigenvalue weighted by molar-refractivity contribution is -0.384. The predicted molar refractivity (Wildman–Crippen MR) is 129 cm³/mol. The van der Waals surface area contributed by atoms with Gasteiger partial charge in [0.15, 0.2) is 0 Å². The number of nitro benzene ring substituents is 1. The second-order valence-corrected chi connectivity index (χ2v) is 9.19. The van der Waals surface area contributed by atoms with Gasteiger partial charge in [-0.25, -0.2) is 9.59 Å². The number of amides is 1. The van der Waals surface area contributed by atoms with Gasteiger partial charge in [0.2, 0.25) is 0 Å². The van der Waals surface area contributed by atoms with Crippen LogP contribution in [0.5, 0.6) is 0 Å². The number of hydrogen-bond acceptors (Lipinski definition) is 7. The van der Waals surface area contributed by atoms with E-state index < -0.39 is 28.5 Å². The third-order valence-electron chi connectivity index (χ3n) is 6.03. The van der Waals surface area contributed by atoms with Crippen LogP contribution in [0.25, 0.3) is 11.0 Å². The number of non-ortho nitro benzene ring substituents is 1. The van der Waals surface area contributed by atoms with Crippen molar-refractivity contribution in [2.45, 2.75) is 45.8 Å². The molecule has 10 heteroatoms. The Morgan fingerprint density at radius 3 is 2.57 bits per heavy atom. The van der Waals surface area contributed by atoms with E-state index >= 15 is 0 Å². The molecule has 0 unspecified atom stereocenters. The molecule has 3 aromatic rings. The standard InChI is InChI=1S/C25H23ClN2O7/c1-13(2)23(27-24(30)19-11-17(28(32)33)6-7-20(19)26)25(31)34-12-16-10-22(29)35-21-9-15-5-3-4-14(15)8-18(16)21/h6-11,13,23H,3-5,12H2,1-2H3,(H,27,30)/t23-/m1/s1. The Bertz CT molecular complexity index is 1400. The van der Waals surface area contributed by atoms with Gasteiger partial charge in [-0.15, -0.1) is 0 Å². The largest absolute Gasteiger partial charge is 0.459 e. The Morgan fingerprint density at radius 1 is 1.17 bits per heavy atom. The van der Waals surface area contributed by atoms with Gasteiger partial charge in [-0.05, 0) is 54.5 Å². The highest BCUT2D eigenvalue weighted by Gasteiger charge is 2.28. The molecule has 1 aliphatic carbocycles. The third kappa shape index (κ3) is 5.19. The molecule has 1 heterocycles. The molecule has 182 valence electrons. The van der Waals surface area contributed by atoms with E-state index in [0.717, 1.165) is 30.9 Å². The molecular weight excluding hydrogens is 476 g/mol. The SMILES string of the molecule is CC(C)[C@@H](NC(=O)c1cc([N+](=O)[O-])ccc1Cl)C(=O)OCc1cc(=O)oc2cc3c(cc12)CCC3. The average Bonchev–Trinajstić information content (AvgIpc) is 3.26. The van der Waals surface area contributed by atoms with Crippen LogP contribution in [0, 0.1) is 16.0 Å². The van der Waals surface area contributed by atoms with Crippen molar-refractivity contribution in [3.8, 4) is 0 Å². The van der Waals surface area contributed by atoms with Crippen LogP contribution < -0.4 is 10.9 Å². The van der Waals surface area contributed by atoms with Crippen molar-refractivity contribution in [2.75, 3.05) is 0 Å². The van der Waals surface area contributed by atoms with E-state index in [1.165, 1.54) is 23.8 Å². The van der Waals surface area contributed by atoms with Crippen molar-refractivity contribution in [3.63, 3.8) is 0 Å². The van der Waals surface area contributed by atoms with Crippen molar-refractivity contribution in [1.82, 2.24) is 5.32 Å². The van der Waals surface area contributed by atoms with Gasteiger partial charge in [0.05, 0.1) is 15.5 Å². The predicted octanol–water partition coefficient (Wildman–Crippen LogP) is 4.34. The maximum absolute atomic E-state index is 12.9. The maximum atomic E-state index is 12.9. The number of hydrogen-bond donors (Lipinski definition) is 1. The summed E-state index contributed by atoms with van der Waals surface area (Å²) < 4.78 is 10.8. The van der Waals surface area contributed by atoms with Gasteiger partial charge in [-0.1, -0.05) is 25.4 Å². The van der Waals surface area contributed by atoms with Crippen molar-refractivity contribution in [2.24, 2.45) is 5.92 Å². The van der Waals surface area contributed by atoms with E-state index in [4.69, 9.17) is 20.8 Å². The number of ether oxygens (including phenoxy) is 1. The molecule has 35 heavy (non-hydrogen) atoms. The summed E-state index contributed by atoms with van der Waals surface area (Å²) in [5.74, 6) is -1.81. The Morgan fingerprint density at radius 2 is 1.89 bits per heavy atom. The summed E-state index contributed by atoms with van der Waals surface area (Å²) in [6.45, 7) is 3.25. The van der Waals surface area contributed by atoms with Gasteiger partial charge in [0.25, 0.3) is 11.6 Å². The monoisotopic (exact) mass is 498 g/mol. The molecule has 0 radical (unpaired) electrons. The molecule has 1 amide bonds. The summed E-state index contributed by atoms with van der Waals surface area (Å²) in [5, 5.41) is 14.3. The number of fused-ring (bicyclic) bond motifs is 2. The van der Waals surface area contributed by atoms with Crippen LogP contribution in [-0.2, 0) is 29.0 Å². The highest BCUT2D eigenvalue weighted by Crippen LogP contribution is 2.29. The zero-order valence-electron chi connectivity index (χ0n) is 19.1. The Labute approximate surface area is 205 Å². The van der Waals surface area contributed by atoms with Gasteiger partial charge in [-0.3, -0.25) is 14.9 Å². The zero-order chi connectivity index (χ0) is 25.3. The molecule has 1 atom stereocenters. The number of rotatable bonds is 7. The van der Waals surface area contributed by atoms with E-state index in [0.29, 0.717) is 16.5 Å². The normalized spacial score (nSPS) is 13.5. The fraction of sp³-hybridized carbons (Fsp3) is 0.320. The number of nitrogens with one attached hydrogen (secondary N) is 1. The molecule has 2 aromatic carbocycles. The van der Waals surface area contributed by atoms with Crippen LogP contribution in [0.2, 0.25) is 5.02 Å². The van der Waals surface area contributed by atoms with Gasteiger partial charge in [0, 0.05) is 29.1 Å². The van der Waals surface area contributed by atoms with E-state index in [1.807, 2.05) is 12.1 Å². The highest BCUT2D eigenvalue weighted by molar-refractivity contribution is 6.34. The van der Waals surface area contributed by atoms with E-state index in [2.05, 4.69) is 5.32 Å². The molecule has 1 N–H and O–H groups in total. The summed E-state index contributed by atoms with van der Waals surface area (Å²) in [5.41, 5.74) is 2.31. The first-order chi connectivity index (χ1) is 16.6. The molecule has 0 saturated heterocycles. The molecule has 0 saturated carbocycles. The van der Waals surface area contributed by atoms with Gasteiger partial charge >= 0.3 is 11.6 Å². The van der Waals surface area contributed by atoms with Crippen LogP contribution in [-0.4, -0.2) is 22.8 Å². The van der Waals surface area contributed by atoms with Crippen LogP contribution in [0.4, 0.5) is 5.69 Å². The van der Waals surface area contributed by atoms with Gasteiger partial charge < -0.3 is 14.5 Å². The van der Waals surface area contributed by atoms with E-state index in [-0.39, 0.29) is 28.8 Å². The summed E-state index contributed by atoms with van der Waals surface area (Å²) in [6.07, 6.45) is 2.90. The molecular formula is C25H23ClN2O7. The third-order valence-corrected chi connectivity index (χ3v) is 6.35. The van der Waals surface area contributed by atoms with Crippen LogP contribution in [0.1, 0.15) is 47.3 Å². The molecule has 9 nitrogen and oxygen atoms in total. The van der Waals surface area contributed by atoms with E-state index in [9.17, 15) is 24.5 Å². The fourth-order valence-corrected chi connectivity index (χ4v) is 4.37. The second kappa shape index (κ2) is 9.87. The molecule has 1 aliphatic rings. The molecule has 0 spiro atoms. The number of carbonyl (C=O) groups is 2. The first-order valence-electron chi connectivity index (χ1n) is 11.1. The Balaban J connectivity index is 1.53. The lowest BCUT2D eigenvalue weighted by Crippen LogP contribution is -2.45. The number of nitro groups is 1. The van der Waals surface area contributed by atoms with Crippen LogP contribution in [0.15, 0.2) is 45.6 Å². The van der Waals surface area contributed by atoms with Crippen molar-refractivity contribution in [3.05, 3.63) is 84.2 Å². The molecule has 1 aromatic heterocycles. The highest BCUT2D eigenvalue weighted by atomic mass is 35.5. The number of benzene rings is 2. The number of nitrogens with zero attached hydrogens (tertiary/aromatic N) is 1. The summed E-state index contributed by atoms with van der Waals surface area (Å²) in [7, 11) is 0. The van der Waals surface area contributed by atoms with Crippen LogP contribution >= 0.6 is 11.6 Å². The topological polar surface area (TPSA) is 129 Å². The van der Waals surface area contributed by atoms with Gasteiger partial charge in [-0.2, -0.15) is 0 Å². The van der Waals surface area contributed by atoms with E-state index in [1.54, 1.807) is 13.8 Å². The lowest BCUT2D eigenvalue weighted by atomic mass is 10.0. The number of carbonyl (C=O) groups excluding carboxylic acids is 2. The summed E-state index contributed by atoms with van der Waals surface area (Å²) >= 11 is 6.05. The molecule has 0 fully saturated rings. The summed E-state index contributed by atoms with van der Waals surface area (Å²) in [6, 6.07) is 7.56. The fourth-order valence-electron chi connectivity index (χ4n) is 4.17. The number of halogens is 1. The smallest absolute Gasteiger partial charge is 0.336 e. The van der Waals surface area contributed by atoms with Crippen molar-refractivity contribution >= 4 is 40.1 Å². The maximum Gasteiger partial charge on any atom is 0.336 e. The second-order valence-electron chi connectivity index (χ2n) is 8.79. The zero-order valence-corrected chi connectivity index (χ0v) is 19.9. The van der Waals surface area contributed by atoms with Crippen molar-refractivity contribution in [1.29, 1.82) is 0 Å². The minimum absolute atomic E-state index is 0.0130. The molecule has 0 bridgehead atoms. The minimum Gasteiger partial charge on any atom is -0.459 e. The molecule has 0 aliphatic heterocycles. The first-order valence-corrected chi connectivity index (χ1v) is 11.5. The average molecular weight is 499 g/mol. The quantitative estimate of drug-likeness (QED) is 0.222. The Kier molecular flexibility index (Phi) is 6.88. The number of esters is 1.